The Bertz CT molecular complexity index is 278. The van der Waals surface area contributed by atoms with Crippen molar-refractivity contribution in [3.8, 4) is 0 Å². The number of aliphatic hydroxyl groups is 1. The van der Waals surface area contributed by atoms with E-state index in [0.717, 1.165) is 5.56 Å². The number of rotatable bonds is 5. The Morgan fingerprint density at radius 1 is 1.43 bits per heavy atom. The second kappa shape index (κ2) is 4.94. The Kier molecular flexibility index (Phi) is 3.86. The van der Waals surface area contributed by atoms with Crippen LogP contribution in [-0.2, 0) is 11.3 Å². The molecule has 0 saturated carbocycles. The van der Waals surface area contributed by atoms with E-state index in [1.54, 1.807) is 13.0 Å². The van der Waals surface area contributed by atoms with Gasteiger partial charge in [0.2, 0.25) is 0 Å². The molecule has 0 aromatic heterocycles. The number of hydrogen-bond acceptors (Lipinski definition) is 2. The van der Waals surface area contributed by atoms with Gasteiger partial charge in [-0.15, -0.1) is 6.58 Å². The lowest BCUT2D eigenvalue weighted by Crippen LogP contribution is -2.26. The van der Waals surface area contributed by atoms with Crippen molar-refractivity contribution in [2.24, 2.45) is 0 Å². The lowest BCUT2D eigenvalue weighted by molar-refractivity contribution is -0.194. The van der Waals surface area contributed by atoms with Crippen LogP contribution in [0, 0.1) is 0 Å². The van der Waals surface area contributed by atoms with Crippen LogP contribution in [-0.4, -0.2) is 10.9 Å². The van der Waals surface area contributed by atoms with E-state index in [1.807, 2.05) is 30.3 Å². The minimum absolute atomic E-state index is 0.418. The molecule has 0 aliphatic heterocycles. The third kappa shape index (κ3) is 3.73. The standard InChI is InChI=1S/C12H16O2/c1-3-9-12(2,13)14-10-11-7-5-4-6-8-11/h3-8,13H,1,9-10H2,2H3. The van der Waals surface area contributed by atoms with E-state index in [-0.39, 0.29) is 0 Å². The van der Waals surface area contributed by atoms with Gasteiger partial charge in [0.05, 0.1) is 6.61 Å². The van der Waals surface area contributed by atoms with E-state index >= 15 is 0 Å². The second-order valence-electron chi connectivity index (χ2n) is 3.44. The summed E-state index contributed by atoms with van der Waals surface area (Å²) in [7, 11) is 0. The molecule has 76 valence electrons. The lowest BCUT2D eigenvalue weighted by Gasteiger charge is -2.22. The second-order valence-corrected chi connectivity index (χ2v) is 3.44. The fraction of sp³-hybridized carbons (Fsp3) is 0.333. The molecular formula is C12H16O2. The fourth-order valence-electron chi connectivity index (χ4n) is 1.14. The molecule has 1 aromatic rings. The van der Waals surface area contributed by atoms with Crippen LogP contribution in [0.3, 0.4) is 0 Å². The Hall–Kier alpha value is -1.12. The molecule has 0 amide bonds. The maximum atomic E-state index is 9.68. The van der Waals surface area contributed by atoms with Crippen LogP contribution in [0.5, 0.6) is 0 Å². The summed E-state index contributed by atoms with van der Waals surface area (Å²) < 4.78 is 5.34. The van der Waals surface area contributed by atoms with Crippen molar-refractivity contribution < 1.29 is 9.84 Å². The van der Waals surface area contributed by atoms with Gasteiger partial charge in [-0.3, -0.25) is 0 Å². The highest BCUT2D eigenvalue weighted by Crippen LogP contribution is 2.14. The van der Waals surface area contributed by atoms with Gasteiger partial charge in [-0.1, -0.05) is 36.4 Å². The summed E-state index contributed by atoms with van der Waals surface area (Å²) in [6, 6.07) is 9.77. The first kappa shape index (κ1) is 11.0. The quantitative estimate of drug-likeness (QED) is 0.573. The minimum Gasteiger partial charge on any atom is -0.365 e. The van der Waals surface area contributed by atoms with E-state index in [2.05, 4.69) is 6.58 Å². The van der Waals surface area contributed by atoms with Crippen molar-refractivity contribution >= 4 is 0 Å². The summed E-state index contributed by atoms with van der Waals surface area (Å²) in [6.07, 6.45) is 2.07. The molecule has 1 unspecified atom stereocenters. The van der Waals surface area contributed by atoms with Gasteiger partial charge in [0, 0.05) is 6.42 Å². The highest BCUT2D eigenvalue weighted by molar-refractivity contribution is 5.13. The van der Waals surface area contributed by atoms with Crippen LogP contribution < -0.4 is 0 Å². The van der Waals surface area contributed by atoms with Crippen molar-refractivity contribution in [1.82, 2.24) is 0 Å². The molecule has 0 saturated heterocycles. The molecule has 0 heterocycles. The van der Waals surface area contributed by atoms with E-state index in [9.17, 15) is 5.11 Å². The maximum absolute atomic E-state index is 9.68. The zero-order chi connectivity index (χ0) is 10.4. The fourth-order valence-corrected chi connectivity index (χ4v) is 1.14. The first-order chi connectivity index (χ1) is 6.64. The Morgan fingerprint density at radius 2 is 2.07 bits per heavy atom. The van der Waals surface area contributed by atoms with Gasteiger partial charge in [-0.05, 0) is 12.5 Å². The largest absolute Gasteiger partial charge is 0.365 e. The summed E-state index contributed by atoms with van der Waals surface area (Å²) in [5.41, 5.74) is 1.05. The lowest BCUT2D eigenvalue weighted by atomic mass is 10.2. The molecule has 1 atom stereocenters. The minimum atomic E-state index is -1.11. The normalized spacial score (nSPS) is 14.7. The molecule has 1 N–H and O–H groups in total. The molecule has 1 rings (SSSR count). The molecule has 0 aliphatic carbocycles. The van der Waals surface area contributed by atoms with Crippen molar-refractivity contribution in [2.75, 3.05) is 0 Å². The van der Waals surface area contributed by atoms with E-state index in [1.165, 1.54) is 0 Å². The molecule has 1 aromatic carbocycles. The molecule has 2 nitrogen and oxygen atoms in total. The van der Waals surface area contributed by atoms with Crippen LogP contribution in [0.25, 0.3) is 0 Å². The van der Waals surface area contributed by atoms with Gasteiger partial charge in [0.15, 0.2) is 5.79 Å². The Labute approximate surface area is 84.8 Å². The maximum Gasteiger partial charge on any atom is 0.166 e. The Balaban J connectivity index is 2.44. The summed E-state index contributed by atoms with van der Waals surface area (Å²) in [5.74, 6) is -1.11. The van der Waals surface area contributed by atoms with Gasteiger partial charge in [-0.2, -0.15) is 0 Å². The highest BCUT2D eigenvalue weighted by atomic mass is 16.6. The zero-order valence-corrected chi connectivity index (χ0v) is 8.44. The van der Waals surface area contributed by atoms with E-state index < -0.39 is 5.79 Å². The van der Waals surface area contributed by atoms with Gasteiger partial charge >= 0.3 is 0 Å². The first-order valence-electron chi connectivity index (χ1n) is 4.65. The topological polar surface area (TPSA) is 29.5 Å². The number of hydrogen-bond donors (Lipinski definition) is 1. The van der Waals surface area contributed by atoms with Crippen molar-refractivity contribution in [2.45, 2.75) is 25.7 Å². The predicted octanol–water partition coefficient (Wildman–Crippen LogP) is 2.49. The van der Waals surface area contributed by atoms with Crippen molar-refractivity contribution in [3.05, 3.63) is 48.6 Å². The molecule has 0 bridgehead atoms. The van der Waals surface area contributed by atoms with Crippen LogP contribution in [0.2, 0.25) is 0 Å². The molecule has 14 heavy (non-hydrogen) atoms. The van der Waals surface area contributed by atoms with Crippen molar-refractivity contribution in [1.29, 1.82) is 0 Å². The molecule has 0 spiro atoms. The third-order valence-corrected chi connectivity index (χ3v) is 1.92. The zero-order valence-electron chi connectivity index (χ0n) is 8.44. The predicted molar refractivity (Wildman–Crippen MR) is 56.7 cm³/mol. The third-order valence-electron chi connectivity index (χ3n) is 1.92. The van der Waals surface area contributed by atoms with E-state index in [0.29, 0.717) is 13.0 Å². The van der Waals surface area contributed by atoms with E-state index in [4.69, 9.17) is 4.74 Å². The number of ether oxygens (including phenoxy) is 1. The molecule has 0 aliphatic rings. The smallest absolute Gasteiger partial charge is 0.166 e. The van der Waals surface area contributed by atoms with Gasteiger partial charge in [-0.25, -0.2) is 0 Å². The Morgan fingerprint density at radius 3 is 2.64 bits per heavy atom. The van der Waals surface area contributed by atoms with Crippen molar-refractivity contribution in [3.63, 3.8) is 0 Å². The highest BCUT2D eigenvalue weighted by Gasteiger charge is 2.18. The van der Waals surface area contributed by atoms with Crippen LogP contribution in [0.4, 0.5) is 0 Å². The van der Waals surface area contributed by atoms with Gasteiger partial charge < -0.3 is 9.84 Å². The molecule has 0 radical (unpaired) electrons. The summed E-state index contributed by atoms with van der Waals surface area (Å²) in [6.45, 7) is 5.62. The van der Waals surface area contributed by atoms with Gasteiger partial charge in [0.1, 0.15) is 0 Å². The van der Waals surface area contributed by atoms with Crippen LogP contribution in [0.15, 0.2) is 43.0 Å². The van der Waals surface area contributed by atoms with Crippen LogP contribution in [0.1, 0.15) is 18.9 Å². The first-order valence-corrected chi connectivity index (χ1v) is 4.65. The summed E-state index contributed by atoms with van der Waals surface area (Å²) in [5, 5.41) is 9.68. The SMILES string of the molecule is C=CCC(C)(O)OCc1ccccc1. The number of benzene rings is 1. The summed E-state index contributed by atoms with van der Waals surface area (Å²) in [4.78, 5) is 0. The monoisotopic (exact) mass is 192 g/mol. The molecule has 0 fully saturated rings. The molecule has 2 heteroatoms. The average Bonchev–Trinajstić information content (AvgIpc) is 2.17. The summed E-state index contributed by atoms with van der Waals surface area (Å²) >= 11 is 0. The van der Waals surface area contributed by atoms with Crippen LogP contribution >= 0.6 is 0 Å². The molecular weight excluding hydrogens is 176 g/mol. The van der Waals surface area contributed by atoms with Gasteiger partial charge in [0.25, 0.3) is 0 Å². The average molecular weight is 192 g/mol.